The molecule has 24 heavy (non-hydrogen) atoms. The van der Waals surface area contributed by atoms with Crippen molar-refractivity contribution < 1.29 is 4.79 Å². The van der Waals surface area contributed by atoms with Gasteiger partial charge in [0.2, 0.25) is 11.9 Å². The lowest BCUT2D eigenvalue weighted by molar-refractivity contribution is -0.126. The van der Waals surface area contributed by atoms with E-state index in [1.165, 1.54) is 0 Å². The number of rotatable bonds is 4. The van der Waals surface area contributed by atoms with Gasteiger partial charge in [-0.1, -0.05) is 18.6 Å². The number of anilines is 1. The van der Waals surface area contributed by atoms with Gasteiger partial charge in [-0.3, -0.25) is 14.6 Å². The number of carbonyl (C=O) groups is 1. The molecule has 1 aliphatic rings. The molecule has 1 fully saturated rings. The van der Waals surface area contributed by atoms with Gasteiger partial charge < -0.3 is 10.6 Å². The highest BCUT2D eigenvalue weighted by molar-refractivity contribution is 5.79. The summed E-state index contributed by atoms with van der Waals surface area (Å²) in [6.07, 6.45) is 3.64. The van der Waals surface area contributed by atoms with Crippen LogP contribution >= 0.6 is 0 Å². The minimum absolute atomic E-state index is 0.0193. The highest BCUT2D eigenvalue weighted by atomic mass is 16.2. The molecular formula is C18H24N4O2. The second-order valence-electron chi connectivity index (χ2n) is 6.80. The van der Waals surface area contributed by atoms with Gasteiger partial charge in [-0.2, -0.15) is 0 Å². The van der Waals surface area contributed by atoms with Crippen LogP contribution in [0, 0.1) is 5.92 Å². The third-order valence-corrected chi connectivity index (χ3v) is 4.43. The van der Waals surface area contributed by atoms with Crippen LogP contribution in [0.15, 0.2) is 29.1 Å². The highest BCUT2D eigenvalue weighted by Gasteiger charge is 2.27. The second-order valence-corrected chi connectivity index (χ2v) is 6.80. The van der Waals surface area contributed by atoms with E-state index in [1.54, 1.807) is 6.07 Å². The van der Waals surface area contributed by atoms with Crippen molar-refractivity contribution in [1.82, 2.24) is 15.3 Å². The number of nitrogens with one attached hydrogen (secondary N) is 3. The molecule has 3 N–H and O–H groups in total. The molecule has 0 bridgehead atoms. The third kappa shape index (κ3) is 3.75. The van der Waals surface area contributed by atoms with E-state index in [-0.39, 0.29) is 29.5 Å². The Hall–Kier alpha value is -2.37. The molecule has 2 aromatic rings. The average Bonchev–Trinajstić information content (AvgIpc) is 2.54. The number of benzene rings is 1. The van der Waals surface area contributed by atoms with Crippen molar-refractivity contribution in [2.45, 2.75) is 51.6 Å². The van der Waals surface area contributed by atoms with E-state index >= 15 is 0 Å². The molecule has 128 valence electrons. The Balaban J connectivity index is 1.71. The molecule has 0 aliphatic heterocycles. The first-order chi connectivity index (χ1) is 11.5. The zero-order valence-electron chi connectivity index (χ0n) is 14.1. The summed E-state index contributed by atoms with van der Waals surface area (Å²) in [7, 11) is 0. The van der Waals surface area contributed by atoms with Gasteiger partial charge in [-0.15, -0.1) is 0 Å². The number of H-pyrrole nitrogens is 1. The van der Waals surface area contributed by atoms with E-state index in [2.05, 4.69) is 20.6 Å². The summed E-state index contributed by atoms with van der Waals surface area (Å²) in [4.78, 5) is 31.6. The molecule has 0 radical (unpaired) electrons. The third-order valence-electron chi connectivity index (χ3n) is 4.43. The number of aromatic nitrogens is 2. The van der Waals surface area contributed by atoms with Crippen LogP contribution in [-0.4, -0.2) is 28.0 Å². The van der Waals surface area contributed by atoms with Crippen LogP contribution in [0.2, 0.25) is 0 Å². The topological polar surface area (TPSA) is 86.9 Å². The lowest BCUT2D eigenvalue weighted by Gasteiger charge is -2.29. The molecule has 6 nitrogen and oxygen atoms in total. The quantitative estimate of drug-likeness (QED) is 0.804. The zero-order chi connectivity index (χ0) is 17.1. The number of para-hydroxylation sites is 1. The summed E-state index contributed by atoms with van der Waals surface area (Å²) in [5.74, 6) is 0.621. The molecule has 0 unspecified atom stereocenters. The largest absolute Gasteiger partial charge is 0.354 e. The fraction of sp³-hybridized carbons (Fsp3) is 0.500. The second kappa shape index (κ2) is 7.03. The molecule has 1 saturated carbocycles. The Bertz CT molecular complexity index is 784. The van der Waals surface area contributed by atoms with Gasteiger partial charge in [-0.05, 0) is 45.2 Å². The Labute approximate surface area is 141 Å². The van der Waals surface area contributed by atoms with Crippen molar-refractivity contribution in [3.05, 3.63) is 34.6 Å². The van der Waals surface area contributed by atoms with Crippen molar-refractivity contribution in [1.29, 1.82) is 0 Å². The van der Waals surface area contributed by atoms with Gasteiger partial charge in [0.15, 0.2) is 0 Å². The highest BCUT2D eigenvalue weighted by Crippen LogP contribution is 2.26. The van der Waals surface area contributed by atoms with Crippen molar-refractivity contribution in [2.75, 3.05) is 5.32 Å². The van der Waals surface area contributed by atoms with Gasteiger partial charge in [0, 0.05) is 18.0 Å². The number of nitrogens with zero attached hydrogens (tertiary/aromatic N) is 1. The molecule has 1 amide bonds. The van der Waals surface area contributed by atoms with E-state index in [0.29, 0.717) is 16.9 Å². The van der Waals surface area contributed by atoms with Crippen LogP contribution in [0.4, 0.5) is 5.95 Å². The lowest BCUT2D eigenvalue weighted by Crippen LogP contribution is -2.40. The number of amides is 1. The lowest BCUT2D eigenvalue weighted by atomic mass is 9.85. The zero-order valence-corrected chi connectivity index (χ0v) is 14.1. The smallest absolute Gasteiger partial charge is 0.260 e. The Morgan fingerprint density at radius 2 is 2.08 bits per heavy atom. The van der Waals surface area contributed by atoms with Crippen molar-refractivity contribution >= 4 is 22.8 Å². The summed E-state index contributed by atoms with van der Waals surface area (Å²) in [5.41, 5.74) is 0.529. The summed E-state index contributed by atoms with van der Waals surface area (Å²) >= 11 is 0. The van der Waals surface area contributed by atoms with E-state index in [0.717, 1.165) is 25.7 Å². The number of fused-ring (bicyclic) bond motifs is 1. The number of hydrogen-bond acceptors (Lipinski definition) is 4. The van der Waals surface area contributed by atoms with Gasteiger partial charge in [0.1, 0.15) is 0 Å². The minimum Gasteiger partial charge on any atom is -0.354 e. The molecule has 0 saturated heterocycles. The summed E-state index contributed by atoms with van der Waals surface area (Å²) in [6.45, 7) is 3.94. The molecule has 1 aromatic carbocycles. The monoisotopic (exact) mass is 328 g/mol. The van der Waals surface area contributed by atoms with Crippen LogP contribution in [0.3, 0.4) is 0 Å². The molecule has 1 heterocycles. The van der Waals surface area contributed by atoms with E-state index in [1.807, 2.05) is 32.0 Å². The van der Waals surface area contributed by atoms with Crippen LogP contribution in [-0.2, 0) is 4.79 Å². The maximum Gasteiger partial charge on any atom is 0.260 e. The molecule has 6 heteroatoms. The molecule has 1 aromatic heterocycles. The van der Waals surface area contributed by atoms with Gasteiger partial charge in [0.05, 0.1) is 10.9 Å². The van der Waals surface area contributed by atoms with E-state index < -0.39 is 0 Å². The molecule has 0 spiro atoms. The van der Waals surface area contributed by atoms with Gasteiger partial charge in [0.25, 0.3) is 5.56 Å². The fourth-order valence-electron chi connectivity index (χ4n) is 3.31. The number of hydrogen-bond donors (Lipinski definition) is 3. The van der Waals surface area contributed by atoms with Gasteiger partial charge >= 0.3 is 0 Å². The SMILES string of the molecule is CC(C)NC(=O)[C@@H]1CCC[C@@H](Nc2nc3ccccc3c(=O)[nH]2)C1. The molecular weight excluding hydrogens is 304 g/mol. The van der Waals surface area contributed by atoms with Gasteiger partial charge in [-0.25, -0.2) is 4.98 Å². The maximum absolute atomic E-state index is 12.2. The van der Waals surface area contributed by atoms with Crippen molar-refractivity contribution in [3.8, 4) is 0 Å². The molecule has 2 atom stereocenters. The number of aromatic amines is 1. The fourth-order valence-corrected chi connectivity index (χ4v) is 3.31. The van der Waals surface area contributed by atoms with E-state index in [4.69, 9.17) is 0 Å². The summed E-state index contributed by atoms with van der Waals surface area (Å²) < 4.78 is 0. The van der Waals surface area contributed by atoms with E-state index in [9.17, 15) is 9.59 Å². The van der Waals surface area contributed by atoms with Crippen LogP contribution in [0.5, 0.6) is 0 Å². The van der Waals surface area contributed by atoms with Crippen molar-refractivity contribution in [3.63, 3.8) is 0 Å². The first kappa shape index (κ1) is 16.5. The first-order valence-corrected chi connectivity index (χ1v) is 8.59. The standard InChI is InChI=1S/C18H24N4O2/c1-11(2)19-16(23)12-6-5-7-13(10-12)20-18-21-15-9-4-3-8-14(15)17(24)22-18/h3-4,8-9,11-13H,5-7,10H2,1-2H3,(H,19,23)(H2,20,21,22,24)/t12-,13-/m1/s1. The first-order valence-electron chi connectivity index (χ1n) is 8.59. The predicted molar refractivity (Wildman–Crippen MR) is 95.0 cm³/mol. The normalized spacial score (nSPS) is 21.0. The minimum atomic E-state index is -0.145. The molecule has 1 aliphatic carbocycles. The predicted octanol–water partition coefficient (Wildman–Crippen LogP) is 2.42. The van der Waals surface area contributed by atoms with Crippen molar-refractivity contribution in [2.24, 2.45) is 5.92 Å². The average molecular weight is 328 g/mol. The summed E-state index contributed by atoms with van der Waals surface area (Å²) in [6, 6.07) is 7.58. The Kier molecular flexibility index (Phi) is 4.83. The van der Waals surface area contributed by atoms with Crippen LogP contribution in [0.25, 0.3) is 10.9 Å². The number of carbonyl (C=O) groups excluding carboxylic acids is 1. The Morgan fingerprint density at radius 1 is 1.29 bits per heavy atom. The maximum atomic E-state index is 12.2. The summed E-state index contributed by atoms with van der Waals surface area (Å²) in [5, 5.41) is 6.88. The van der Waals surface area contributed by atoms with Crippen LogP contribution < -0.4 is 16.2 Å². The molecule has 3 rings (SSSR count). The van der Waals surface area contributed by atoms with Crippen LogP contribution in [0.1, 0.15) is 39.5 Å². The Morgan fingerprint density at radius 3 is 2.88 bits per heavy atom.